The molecule has 1 rings (SSSR count). The van der Waals surface area contributed by atoms with E-state index in [1.807, 2.05) is 6.92 Å². The summed E-state index contributed by atoms with van der Waals surface area (Å²) < 4.78 is 17.9. The summed E-state index contributed by atoms with van der Waals surface area (Å²) in [7, 11) is 0. The first-order chi connectivity index (χ1) is 7.15. The van der Waals surface area contributed by atoms with Gasteiger partial charge >= 0.3 is 5.97 Å². The van der Waals surface area contributed by atoms with E-state index in [2.05, 4.69) is 0 Å². The Balaban J connectivity index is 2.90. The number of carboxylic acid groups (broad SMARTS) is 1. The van der Waals surface area contributed by atoms with Gasteiger partial charge in [-0.2, -0.15) is 0 Å². The van der Waals surface area contributed by atoms with Crippen molar-refractivity contribution >= 4 is 5.97 Å². The molecule has 0 spiro atoms. The van der Waals surface area contributed by atoms with Crippen LogP contribution in [0.25, 0.3) is 0 Å². The van der Waals surface area contributed by atoms with Crippen LogP contribution in [0.5, 0.6) is 5.75 Å². The number of rotatable bonds is 4. The average Bonchev–Trinajstić information content (AvgIpc) is 2.20. The van der Waals surface area contributed by atoms with E-state index < -0.39 is 11.8 Å². The Labute approximate surface area is 86.8 Å². The van der Waals surface area contributed by atoms with Crippen molar-refractivity contribution in [3.63, 3.8) is 0 Å². The normalized spacial score (nSPS) is 10.5. The standard InChI is InChI=1S/C11H11FO3/c1-2-3-6-15-10-5-4-8(12)7-9(10)11(13)14/h2-5,7H,6H2,1H3,(H,13,14)/b3-2+. The van der Waals surface area contributed by atoms with Crippen molar-refractivity contribution in [2.45, 2.75) is 6.92 Å². The highest BCUT2D eigenvalue weighted by Gasteiger charge is 2.11. The molecule has 0 aliphatic carbocycles. The molecular formula is C11H11FO3. The van der Waals surface area contributed by atoms with Gasteiger partial charge in [-0.1, -0.05) is 12.2 Å². The average molecular weight is 210 g/mol. The Morgan fingerprint density at radius 1 is 1.60 bits per heavy atom. The lowest BCUT2D eigenvalue weighted by Gasteiger charge is -2.06. The van der Waals surface area contributed by atoms with Crippen LogP contribution in [0.3, 0.4) is 0 Å². The summed E-state index contributed by atoms with van der Waals surface area (Å²) in [6, 6.07) is 3.41. The largest absolute Gasteiger partial charge is 0.489 e. The van der Waals surface area contributed by atoms with Gasteiger partial charge in [0.25, 0.3) is 0 Å². The lowest BCUT2D eigenvalue weighted by atomic mass is 10.2. The van der Waals surface area contributed by atoms with Gasteiger partial charge in [-0.3, -0.25) is 0 Å². The molecule has 0 radical (unpaired) electrons. The molecule has 0 amide bonds. The number of carbonyl (C=O) groups is 1. The van der Waals surface area contributed by atoms with Crippen LogP contribution in [0.15, 0.2) is 30.4 Å². The van der Waals surface area contributed by atoms with Crippen LogP contribution < -0.4 is 4.74 Å². The summed E-state index contributed by atoms with van der Waals surface area (Å²) in [5.41, 5.74) is -0.167. The zero-order valence-electron chi connectivity index (χ0n) is 8.24. The highest BCUT2D eigenvalue weighted by molar-refractivity contribution is 5.90. The summed E-state index contributed by atoms with van der Waals surface area (Å²) >= 11 is 0. The molecule has 80 valence electrons. The molecule has 15 heavy (non-hydrogen) atoms. The number of benzene rings is 1. The molecule has 4 heteroatoms. The minimum Gasteiger partial charge on any atom is -0.489 e. The molecule has 0 bridgehead atoms. The van der Waals surface area contributed by atoms with Crippen molar-refractivity contribution in [1.29, 1.82) is 0 Å². The summed E-state index contributed by atoms with van der Waals surface area (Å²) in [5, 5.41) is 8.78. The minimum absolute atomic E-state index is 0.167. The predicted octanol–water partition coefficient (Wildman–Crippen LogP) is 2.48. The van der Waals surface area contributed by atoms with Crippen molar-refractivity contribution in [2.24, 2.45) is 0 Å². The molecule has 1 aromatic rings. The SMILES string of the molecule is C/C=C/COc1ccc(F)cc1C(=O)O. The first-order valence-electron chi connectivity index (χ1n) is 4.42. The van der Waals surface area contributed by atoms with Gasteiger partial charge in [-0.15, -0.1) is 0 Å². The Morgan fingerprint density at radius 3 is 2.93 bits per heavy atom. The van der Waals surface area contributed by atoms with Gasteiger partial charge in [0.15, 0.2) is 0 Å². The number of hydrogen-bond donors (Lipinski definition) is 1. The van der Waals surface area contributed by atoms with Crippen molar-refractivity contribution < 1.29 is 19.0 Å². The van der Waals surface area contributed by atoms with E-state index in [0.717, 1.165) is 12.1 Å². The van der Waals surface area contributed by atoms with Crippen LogP contribution in [0.2, 0.25) is 0 Å². The summed E-state index contributed by atoms with van der Waals surface area (Å²) in [6.07, 6.45) is 3.51. The van der Waals surface area contributed by atoms with E-state index in [1.54, 1.807) is 12.2 Å². The Kier molecular flexibility index (Phi) is 3.85. The molecule has 0 aliphatic rings. The number of halogens is 1. The molecule has 0 saturated heterocycles. The third-order valence-corrected chi connectivity index (χ3v) is 1.74. The summed E-state index contributed by atoms with van der Waals surface area (Å²) in [6.45, 7) is 2.09. The quantitative estimate of drug-likeness (QED) is 0.776. The molecule has 0 aromatic heterocycles. The maximum Gasteiger partial charge on any atom is 0.339 e. The molecule has 0 unspecified atom stereocenters. The topological polar surface area (TPSA) is 46.5 Å². The van der Waals surface area contributed by atoms with E-state index in [4.69, 9.17) is 9.84 Å². The first-order valence-corrected chi connectivity index (χ1v) is 4.42. The van der Waals surface area contributed by atoms with Gasteiger partial charge in [0.1, 0.15) is 23.7 Å². The van der Waals surface area contributed by atoms with Gasteiger partial charge in [0, 0.05) is 0 Å². The highest BCUT2D eigenvalue weighted by atomic mass is 19.1. The van der Waals surface area contributed by atoms with Crippen molar-refractivity contribution in [1.82, 2.24) is 0 Å². The van der Waals surface area contributed by atoms with E-state index in [0.29, 0.717) is 0 Å². The maximum atomic E-state index is 12.8. The van der Waals surface area contributed by atoms with Crippen LogP contribution in [0, 0.1) is 5.82 Å². The van der Waals surface area contributed by atoms with Crippen LogP contribution >= 0.6 is 0 Å². The lowest BCUT2D eigenvalue weighted by molar-refractivity contribution is 0.0692. The van der Waals surface area contributed by atoms with Gasteiger partial charge in [-0.05, 0) is 25.1 Å². The zero-order chi connectivity index (χ0) is 11.3. The molecular weight excluding hydrogens is 199 g/mol. The van der Waals surface area contributed by atoms with Gasteiger partial charge in [0.05, 0.1) is 0 Å². The second kappa shape index (κ2) is 5.14. The van der Waals surface area contributed by atoms with Crippen LogP contribution in [0.1, 0.15) is 17.3 Å². The van der Waals surface area contributed by atoms with Gasteiger partial charge in [0.2, 0.25) is 0 Å². The molecule has 0 saturated carbocycles. The molecule has 0 fully saturated rings. The Morgan fingerprint density at radius 2 is 2.33 bits per heavy atom. The maximum absolute atomic E-state index is 12.8. The van der Waals surface area contributed by atoms with Gasteiger partial charge < -0.3 is 9.84 Å². The van der Waals surface area contributed by atoms with E-state index in [-0.39, 0.29) is 17.9 Å². The molecule has 1 aromatic carbocycles. The molecule has 0 heterocycles. The van der Waals surface area contributed by atoms with E-state index >= 15 is 0 Å². The fraction of sp³-hybridized carbons (Fsp3) is 0.182. The van der Waals surface area contributed by atoms with Gasteiger partial charge in [-0.25, -0.2) is 9.18 Å². The van der Waals surface area contributed by atoms with Crippen LogP contribution in [-0.4, -0.2) is 17.7 Å². The summed E-state index contributed by atoms with van der Waals surface area (Å²) in [5.74, 6) is -1.63. The van der Waals surface area contributed by atoms with Crippen LogP contribution in [-0.2, 0) is 0 Å². The van der Waals surface area contributed by atoms with Crippen molar-refractivity contribution in [3.05, 3.63) is 41.7 Å². The Bertz CT molecular complexity index is 385. The number of ether oxygens (including phenoxy) is 1. The lowest BCUT2D eigenvalue weighted by Crippen LogP contribution is -2.03. The fourth-order valence-electron chi connectivity index (χ4n) is 1.03. The Hall–Kier alpha value is -1.84. The highest BCUT2D eigenvalue weighted by Crippen LogP contribution is 2.19. The first kappa shape index (κ1) is 11.2. The number of aromatic carboxylic acids is 1. The second-order valence-electron chi connectivity index (χ2n) is 2.83. The number of hydrogen-bond acceptors (Lipinski definition) is 2. The zero-order valence-corrected chi connectivity index (χ0v) is 8.24. The van der Waals surface area contributed by atoms with Crippen molar-refractivity contribution in [3.8, 4) is 5.75 Å². The predicted molar refractivity (Wildman–Crippen MR) is 53.7 cm³/mol. The third kappa shape index (κ3) is 3.09. The monoisotopic (exact) mass is 210 g/mol. The number of carboxylic acids is 1. The van der Waals surface area contributed by atoms with Crippen LogP contribution in [0.4, 0.5) is 4.39 Å². The number of allylic oxidation sites excluding steroid dienone is 1. The minimum atomic E-state index is -1.20. The second-order valence-corrected chi connectivity index (χ2v) is 2.83. The van der Waals surface area contributed by atoms with E-state index in [9.17, 15) is 9.18 Å². The molecule has 0 aliphatic heterocycles. The molecule has 3 nitrogen and oxygen atoms in total. The smallest absolute Gasteiger partial charge is 0.339 e. The summed E-state index contributed by atoms with van der Waals surface area (Å²) in [4.78, 5) is 10.7. The fourth-order valence-corrected chi connectivity index (χ4v) is 1.03. The molecule has 1 N–H and O–H groups in total. The van der Waals surface area contributed by atoms with E-state index in [1.165, 1.54) is 6.07 Å². The molecule has 0 atom stereocenters. The third-order valence-electron chi connectivity index (χ3n) is 1.74. The van der Waals surface area contributed by atoms with Crippen molar-refractivity contribution in [2.75, 3.05) is 6.61 Å².